The number of hydrogen-bond acceptors (Lipinski definition) is 2. The third-order valence-corrected chi connectivity index (χ3v) is 5.64. The number of ether oxygens (including phenoxy) is 1. The summed E-state index contributed by atoms with van der Waals surface area (Å²) < 4.78 is 19.3. The van der Waals surface area contributed by atoms with Crippen LogP contribution < -0.4 is 5.32 Å². The molecule has 1 amide bonds. The van der Waals surface area contributed by atoms with Gasteiger partial charge < -0.3 is 10.1 Å². The van der Waals surface area contributed by atoms with Gasteiger partial charge in [0, 0.05) is 5.92 Å². The van der Waals surface area contributed by atoms with Crippen LogP contribution in [0.3, 0.4) is 0 Å². The van der Waals surface area contributed by atoms with E-state index in [0.29, 0.717) is 6.61 Å². The summed E-state index contributed by atoms with van der Waals surface area (Å²) in [6.45, 7) is 0.496. The monoisotopic (exact) mass is 403 g/mol. The molecule has 2 unspecified atom stereocenters. The van der Waals surface area contributed by atoms with E-state index in [0.717, 1.165) is 18.4 Å². The predicted molar refractivity (Wildman–Crippen MR) is 116 cm³/mol. The van der Waals surface area contributed by atoms with Gasteiger partial charge in [0.25, 0.3) is 0 Å². The van der Waals surface area contributed by atoms with Crippen molar-refractivity contribution in [2.75, 3.05) is 6.61 Å². The van der Waals surface area contributed by atoms with Crippen LogP contribution in [0.4, 0.5) is 4.39 Å². The fraction of sp³-hybridized carbons (Fsp3) is 0.269. The number of carbonyl (C=O) groups excluding carboxylic acids is 1. The van der Waals surface area contributed by atoms with Crippen molar-refractivity contribution in [2.45, 2.75) is 37.3 Å². The molecule has 1 fully saturated rings. The van der Waals surface area contributed by atoms with E-state index in [1.165, 1.54) is 23.3 Å². The molecule has 0 aliphatic carbocycles. The van der Waals surface area contributed by atoms with Gasteiger partial charge in [-0.2, -0.15) is 0 Å². The number of nitrogens with one attached hydrogen (secondary N) is 1. The molecule has 1 heterocycles. The Hall–Kier alpha value is -2.98. The van der Waals surface area contributed by atoms with Gasteiger partial charge in [0.1, 0.15) is 5.82 Å². The third kappa shape index (κ3) is 5.14. The first-order valence-electron chi connectivity index (χ1n) is 10.4. The fourth-order valence-electron chi connectivity index (χ4n) is 4.16. The van der Waals surface area contributed by atoms with Crippen LogP contribution in [0.15, 0.2) is 84.9 Å². The number of benzene rings is 3. The summed E-state index contributed by atoms with van der Waals surface area (Å²) in [5.74, 6) is -0.183. The Labute approximate surface area is 176 Å². The van der Waals surface area contributed by atoms with Crippen molar-refractivity contribution in [2.24, 2.45) is 0 Å². The van der Waals surface area contributed by atoms with Crippen LogP contribution in [0.5, 0.6) is 0 Å². The molecule has 0 spiro atoms. The lowest BCUT2D eigenvalue weighted by Crippen LogP contribution is -2.44. The normalized spacial score (nSPS) is 18.9. The zero-order valence-electron chi connectivity index (χ0n) is 16.8. The molecule has 4 rings (SSSR count). The molecule has 1 aliphatic rings. The van der Waals surface area contributed by atoms with E-state index in [1.54, 1.807) is 12.1 Å². The van der Waals surface area contributed by atoms with E-state index in [-0.39, 0.29) is 36.2 Å². The summed E-state index contributed by atoms with van der Waals surface area (Å²) in [6.07, 6.45) is 2.06. The lowest BCUT2D eigenvalue weighted by molar-refractivity contribution is -0.122. The standard InChI is InChI=1S/C26H26FNO2/c27-22-13-11-19(12-14-22)17-25(29)28-23-15-16-24(30-18-23)26(20-7-3-1-4-8-20)21-9-5-2-6-10-21/h1-14,23-24,26H,15-18H2,(H,28,29). The van der Waals surface area contributed by atoms with Crippen molar-refractivity contribution >= 4 is 5.91 Å². The topological polar surface area (TPSA) is 38.3 Å². The van der Waals surface area contributed by atoms with E-state index in [9.17, 15) is 9.18 Å². The summed E-state index contributed by atoms with van der Waals surface area (Å²) in [5.41, 5.74) is 3.29. The summed E-state index contributed by atoms with van der Waals surface area (Å²) >= 11 is 0. The van der Waals surface area contributed by atoms with Crippen molar-refractivity contribution in [1.29, 1.82) is 0 Å². The summed E-state index contributed by atoms with van der Waals surface area (Å²) in [7, 11) is 0. The maximum absolute atomic E-state index is 13.0. The smallest absolute Gasteiger partial charge is 0.224 e. The minimum absolute atomic E-state index is 0.00129. The molecule has 1 saturated heterocycles. The molecular formula is C26H26FNO2. The summed E-state index contributed by atoms with van der Waals surface area (Å²) in [6, 6.07) is 27.0. The van der Waals surface area contributed by atoms with E-state index < -0.39 is 0 Å². The second kappa shape index (κ2) is 9.68. The van der Waals surface area contributed by atoms with Crippen LogP contribution in [0.1, 0.15) is 35.4 Å². The van der Waals surface area contributed by atoms with Crippen molar-refractivity contribution in [3.05, 3.63) is 107 Å². The molecular weight excluding hydrogens is 377 g/mol. The number of hydrogen-bond donors (Lipinski definition) is 1. The van der Waals surface area contributed by atoms with E-state index in [4.69, 9.17) is 4.74 Å². The molecule has 0 aromatic heterocycles. The van der Waals surface area contributed by atoms with Crippen molar-refractivity contribution in [1.82, 2.24) is 5.32 Å². The number of carbonyl (C=O) groups is 1. The third-order valence-electron chi connectivity index (χ3n) is 5.64. The van der Waals surface area contributed by atoms with Gasteiger partial charge in [0.2, 0.25) is 5.91 Å². The summed E-state index contributed by atoms with van der Waals surface area (Å²) in [5, 5.41) is 3.06. The maximum Gasteiger partial charge on any atom is 0.224 e. The van der Waals surface area contributed by atoms with Crippen LogP contribution in [0.25, 0.3) is 0 Å². The molecule has 0 radical (unpaired) electrons. The second-order valence-corrected chi connectivity index (χ2v) is 7.82. The highest BCUT2D eigenvalue weighted by atomic mass is 19.1. The van der Waals surface area contributed by atoms with Gasteiger partial charge >= 0.3 is 0 Å². The van der Waals surface area contributed by atoms with Crippen LogP contribution >= 0.6 is 0 Å². The SMILES string of the molecule is O=C(Cc1ccc(F)cc1)NC1CCC(C(c2ccccc2)c2ccccc2)OC1. The maximum atomic E-state index is 13.0. The van der Waals surface area contributed by atoms with Gasteiger partial charge in [-0.25, -0.2) is 4.39 Å². The van der Waals surface area contributed by atoms with Gasteiger partial charge in [-0.05, 0) is 41.7 Å². The molecule has 1 N–H and O–H groups in total. The van der Waals surface area contributed by atoms with Gasteiger partial charge in [0.05, 0.1) is 25.2 Å². The van der Waals surface area contributed by atoms with Crippen LogP contribution in [0, 0.1) is 5.82 Å². The average Bonchev–Trinajstić information content (AvgIpc) is 2.78. The molecule has 4 heteroatoms. The quantitative estimate of drug-likeness (QED) is 0.638. The van der Waals surface area contributed by atoms with E-state index >= 15 is 0 Å². The van der Waals surface area contributed by atoms with Gasteiger partial charge in [0.15, 0.2) is 0 Å². The molecule has 0 saturated carbocycles. The zero-order valence-corrected chi connectivity index (χ0v) is 16.8. The number of rotatable bonds is 6. The van der Waals surface area contributed by atoms with Gasteiger partial charge in [-0.1, -0.05) is 72.8 Å². The minimum atomic E-state index is -0.294. The molecule has 3 nitrogen and oxygen atoms in total. The largest absolute Gasteiger partial charge is 0.375 e. The first-order chi connectivity index (χ1) is 14.7. The first kappa shape index (κ1) is 20.3. The van der Waals surface area contributed by atoms with Crippen LogP contribution in [0.2, 0.25) is 0 Å². The summed E-state index contributed by atoms with van der Waals surface area (Å²) in [4.78, 5) is 12.4. The Balaban J connectivity index is 1.37. The van der Waals surface area contributed by atoms with Crippen molar-refractivity contribution in [3.8, 4) is 0 Å². The molecule has 3 aromatic carbocycles. The van der Waals surface area contributed by atoms with Crippen molar-refractivity contribution < 1.29 is 13.9 Å². The lowest BCUT2D eigenvalue weighted by Gasteiger charge is -2.35. The predicted octanol–water partition coefficient (Wildman–Crippen LogP) is 4.86. The van der Waals surface area contributed by atoms with Crippen LogP contribution in [-0.2, 0) is 16.0 Å². The zero-order chi connectivity index (χ0) is 20.8. The Morgan fingerprint density at radius 1 is 0.900 bits per heavy atom. The highest BCUT2D eigenvalue weighted by Crippen LogP contribution is 2.34. The second-order valence-electron chi connectivity index (χ2n) is 7.82. The minimum Gasteiger partial charge on any atom is -0.375 e. The highest BCUT2D eigenvalue weighted by molar-refractivity contribution is 5.78. The molecule has 1 aliphatic heterocycles. The number of halogens is 1. The van der Waals surface area contributed by atoms with Crippen LogP contribution in [-0.4, -0.2) is 24.7 Å². The average molecular weight is 403 g/mol. The molecule has 154 valence electrons. The lowest BCUT2D eigenvalue weighted by atomic mass is 9.83. The molecule has 30 heavy (non-hydrogen) atoms. The Morgan fingerprint density at radius 3 is 2.03 bits per heavy atom. The molecule has 2 atom stereocenters. The Morgan fingerprint density at radius 2 is 1.50 bits per heavy atom. The molecule has 3 aromatic rings. The molecule has 0 bridgehead atoms. The Kier molecular flexibility index (Phi) is 6.55. The van der Waals surface area contributed by atoms with Gasteiger partial charge in [-0.3, -0.25) is 4.79 Å². The van der Waals surface area contributed by atoms with E-state index in [2.05, 4.69) is 53.8 Å². The highest BCUT2D eigenvalue weighted by Gasteiger charge is 2.31. The first-order valence-corrected chi connectivity index (χ1v) is 10.4. The van der Waals surface area contributed by atoms with Gasteiger partial charge in [-0.15, -0.1) is 0 Å². The fourth-order valence-corrected chi connectivity index (χ4v) is 4.16. The van der Waals surface area contributed by atoms with E-state index in [1.807, 2.05) is 12.1 Å². The van der Waals surface area contributed by atoms with Crippen molar-refractivity contribution in [3.63, 3.8) is 0 Å². The number of amides is 1. The Bertz CT molecular complexity index is 896.